The molecule has 1 heterocycles. The maximum Gasteiger partial charge on any atom is 0.0431 e. The minimum Gasteiger partial charge on any atom is -0.396 e. The second-order valence-electron chi connectivity index (χ2n) is 3.94. The summed E-state index contributed by atoms with van der Waals surface area (Å²) in [7, 11) is 0. The molecule has 0 amide bonds. The second kappa shape index (κ2) is 6.72. The molecule has 0 radical (unpaired) electrons. The van der Waals surface area contributed by atoms with Crippen LogP contribution < -0.4 is 0 Å². The summed E-state index contributed by atoms with van der Waals surface area (Å²) in [5.74, 6) is 2.22. The van der Waals surface area contributed by atoms with Gasteiger partial charge in [0, 0.05) is 11.9 Å². The molecule has 2 heteroatoms. The maximum atomic E-state index is 8.80. The van der Waals surface area contributed by atoms with Gasteiger partial charge < -0.3 is 5.11 Å². The first kappa shape index (κ1) is 11.4. The van der Waals surface area contributed by atoms with E-state index in [1.165, 1.54) is 37.9 Å². The fraction of sp³-hybridized carbons (Fsp3) is 1.00. The third-order valence-electron chi connectivity index (χ3n) is 3.00. The molecule has 2 atom stereocenters. The van der Waals surface area contributed by atoms with Crippen LogP contribution in [0, 0.1) is 5.92 Å². The number of rotatable bonds is 5. The lowest BCUT2D eigenvalue weighted by Gasteiger charge is -2.29. The predicted molar refractivity (Wildman–Crippen MR) is 60.2 cm³/mol. The van der Waals surface area contributed by atoms with Crippen LogP contribution in [0.5, 0.6) is 0 Å². The summed E-state index contributed by atoms with van der Waals surface area (Å²) in [6.45, 7) is 2.66. The molecule has 1 nitrogen and oxygen atoms in total. The van der Waals surface area contributed by atoms with Gasteiger partial charge in [-0.2, -0.15) is 11.8 Å². The molecule has 0 saturated carbocycles. The van der Waals surface area contributed by atoms with Crippen LogP contribution in [0.25, 0.3) is 0 Å². The highest BCUT2D eigenvalue weighted by Crippen LogP contribution is 2.34. The van der Waals surface area contributed by atoms with Crippen molar-refractivity contribution in [2.75, 3.05) is 12.4 Å². The van der Waals surface area contributed by atoms with E-state index in [1.54, 1.807) is 0 Å². The average Bonchev–Trinajstić information content (AvgIpc) is 2.21. The summed E-state index contributed by atoms with van der Waals surface area (Å²) in [5.41, 5.74) is 0. The molecule has 1 aliphatic heterocycles. The summed E-state index contributed by atoms with van der Waals surface area (Å²) in [6, 6.07) is 0. The molecule has 2 unspecified atom stereocenters. The zero-order valence-electron chi connectivity index (χ0n) is 8.67. The normalized spacial score (nSPS) is 25.8. The fourth-order valence-electron chi connectivity index (χ4n) is 2.14. The van der Waals surface area contributed by atoms with E-state index < -0.39 is 0 Å². The van der Waals surface area contributed by atoms with Crippen LogP contribution in [-0.4, -0.2) is 22.7 Å². The zero-order chi connectivity index (χ0) is 9.52. The fourth-order valence-corrected chi connectivity index (χ4v) is 3.75. The Labute approximate surface area is 86.3 Å². The smallest absolute Gasteiger partial charge is 0.0431 e. The third-order valence-corrected chi connectivity index (χ3v) is 4.57. The van der Waals surface area contributed by atoms with Gasteiger partial charge in [-0.05, 0) is 37.4 Å². The van der Waals surface area contributed by atoms with Crippen molar-refractivity contribution in [2.24, 2.45) is 5.92 Å². The van der Waals surface area contributed by atoms with E-state index >= 15 is 0 Å². The van der Waals surface area contributed by atoms with Crippen LogP contribution in [-0.2, 0) is 0 Å². The Morgan fingerprint density at radius 1 is 1.46 bits per heavy atom. The quantitative estimate of drug-likeness (QED) is 0.739. The molecule has 1 N–H and O–H groups in total. The molecule has 0 bridgehead atoms. The molecule has 1 fully saturated rings. The number of thioether (sulfide) groups is 1. The molecule has 0 spiro atoms. The zero-order valence-corrected chi connectivity index (χ0v) is 9.48. The minimum atomic E-state index is 0.369. The number of aliphatic hydroxyl groups is 1. The van der Waals surface area contributed by atoms with E-state index in [0.717, 1.165) is 17.6 Å². The van der Waals surface area contributed by atoms with E-state index in [4.69, 9.17) is 5.11 Å². The highest BCUT2D eigenvalue weighted by molar-refractivity contribution is 7.99. The highest BCUT2D eigenvalue weighted by atomic mass is 32.2. The lowest BCUT2D eigenvalue weighted by atomic mass is 9.93. The van der Waals surface area contributed by atoms with E-state index in [-0.39, 0.29) is 0 Å². The number of aliphatic hydroxyl groups excluding tert-OH is 1. The Kier molecular flexibility index (Phi) is 5.88. The maximum absolute atomic E-state index is 8.80. The van der Waals surface area contributed by atoms with E-state index in [9.17, 15) is 0 Å². The molecule has 78 valence electrons. The van der Waals surface area contributed by atoms with Crippen LogP contribution in [0.3, 0.4) is 0 Å². The molecule has 13 heavy (non-hydrogen) atoms. The highest BCUT2D eigenvalue weighted by Gasteiger charge is 2.21. The first-order valence-electron chi connectivity index (χ1n) is 5.61. The topological polar surface area (TPSA) is 20.2 Å². The van der Waals surface area contributed by atoms with Gasteiger partial charge >= 0.3 is 0 Å². The van der Waals surface area contributed by atoms with E-state index in [2.05, 4.69) is 18.7 Å². The molecule has 1 aliphatic rings. The van der Waals surface area contributed by atoms with Crippen molar-refractivity contribution in [3.05, 3.63) is 0 Å². The number of hydrogen-bond donors (Lipinski definition) is 1. The molecule has 0 aromatic heterocycles. The molecule has 0 aromatic carbocycles. The van der Waals surface area contributed by atoms with E-state index in [1.807, 2.05) is 0 Å². The van der Waals surface area contributed by atoms with Crippen LogP contribution in [0.15, 0.2) is 0 Å². The summed E-state index contributed by atoms with van der Waals surface area (Å²) < 4.78 is 0. The molecular weight excluding hydrogens is 180 g/mol. The summed E-state index contributed by atoms with van der Waals surface area (Å²) in [6.07, 6.45) is 7.76. The van der Waals surface area contributed by atoms with Crippen LogP contribution >= 0.6 is 11.8 Å². The van der Waals surface area contributed by atoms with Crippen molar-refractivity contribution in [3.8, 4) is 0 Å². The average molecular weight is 202 g/mol. The molecule has 0 aromatic rings. The van der Waals surface area contributed by atoms with Crippen molar-refractivity contribution in [2.45, 2.75) is 50.7 Å². The molecular formula is C11H22OS. The largest absolute Gasteiger partial charge is 0.396 e. The summed E-state index contributed by atoms with van der Waals surface area (Å²) in [4.78, 5) is 0. The Morgan fingerprint density at radius 3 is 2.85 bits per heavy atom. The van der Waals surface area contributed by atoms with Gasteiger partial charge in [-0.1, -0.05) is 19.8 Å². The summed E-state index contributed by atoms with van der Waals surface area (Å²) in [5, 5.41) is 9.70. The van der Waals surface area contributed by atoms with Gasteiger partial charge in [-0.15, -0.1) is 0 Å². The van der Waals surface area contributed by atoms with Crippen molar-refractivity contribution in [1.29, 1.82) is 0 Å². The number of hydrogen-bond acceptors (Lipinski definition) is 2. The lowest BCUT2D eigenvalue weighted by Crippen LogP contribution is -2.20. The molecule has 0 aliphatic carbocycles. The Morgan fingerprint density at radius 2 is 2.31 bits per heavy atom. The first-order chi connectivity index (χ1) is 6.38. The molecule has 1 saturated heterocycles. The lowest BCUT2D eigenvalue weighted by molar-refractivity contribution is 0.266. The molecule has 1 rings (SSSR count). The van der Waals surface area contributed by atoms with Crippen molar-refractivity contribution < 1.29 is 5.11 Å². The van der Waals surface area contributed by atoms with Gasteiger partial charge in [-0.25, -0.2) is 0 Å². The summed E-state index contributed by atoms with van der Waals surface area (Å²) >= 11 is 2.16. The van der Waals surface area contributed by atoms with Gasteiger partial charge in [0.2, 0.25) is 0 Å². The van der Waals surface area contributed by atoms with Crippen LogP contribution in [0.2, 0.25) is 0 Å². The third kappa shape index (κ3) is 3.90. The van der Waals surface area contributed by atoms with Crippen LogP contribution in [0.4, 0.5) is 0 Å². The van der Waals surface area contributed by atoms with Crippen molar-refractivity contribution in [1.82, 2.24) is 0 Å². The van der Waals surface area contributed by atoms with Gasteiger partial charge in [-0.3, -0.25) is 0 Å². The van der Waals surface area contributed by atoms with Gasteiger partial charge in [0.15, 0.2) is 0 Å². The minimum absolute atomic E-state index is 0.369. The SMILES string of the molecule is CCC(CCCO)C1CCCCS1. The van der Waals surface area contributed by atoms with Crippen LogP contribution in [0.1, 0.15) is 45.4 Å². The Hall–Kier alpha value is 0.310. The van der Waals surface area contributed by atoms with Gasteiger partial charge in [0.05, 0.1) is 0 Å². The van der Waals surface area contributed by atoms with Gasteiger partial charge in [0.25, 0.3) is 0 Å². The Bertz CT molecular complexity index is 121. The standard InChI is InChI=1S/C11H22OS/c1-2-10(6-5-8-12)11-7-3-4-9-13-11/h10-12H,2-9H2,1H3. The van der Waals surface area contributed by atoms with Gasteiger partial charge in [0.1, 0.15) is 0 Å². The first-order valence-corrected chi connectivity index (χ1v) is 6.65. The monoisotopic (exact) mass is 202 g/mol. The van der Waals surface area contributed by atoms with E-state index in [0.29, 0.717) is 6.61 Å². The second-order valence-corrected chi connectivity index (χ2v) is 5.29. The predicted octanol–water partition coefficient (Wildman–Crippen LogP) is 3.07. The van der Waals surface area contributed by atoms with Crippen molar-refractivity contribution >= 4 is 11.8 Å². The Balaban J connectivity index is 2.26. The van der Waals surface area contributed by atoms with Crippen molar-refractivity contribution in [3.63, 3.8) is 0 Å².